The van der Waals surface area contributed by atoms with Crippen molar-refractivity contribution >= 4 is 6.08 Å². The molecule has 0 nitrogen and oxygen atoms in total. The topological polar surface area (TPSA) is 0 Å². The average Bonchev–Trinajstić information content (AvgIpc) is 2.12. The third kappa shape index (κ3) is 1.26. The van der Waals surface area contributed by atoms with Crippen molar-refractivity contribution in [1.82, 2.24) is 0 Å². The lowest BCUT2D eigenvalue weighted by Crippen LogP contribution is -2.39. The number of fused-ring (bicyclic) bond motifs is 1. The molecule has 0 N–H and O–H groups in total. The minimum absolute atomic E-state index is 0.0920. The standard InChI is InChI=1S/C10H5F5/c11-7-3-1-2-6-4-5-9(12,13)10(14,15)8(6)7/h1-5H. The van der Waals surface area contributed by atoms with Crippen molar-refractivity contribution in [2.45, 2.75) is 11.8 Å². The van der Waals surface area contributed by atoms with Crippen LogP contribution in [0.3, 0.4) is 0 Å². The molecule has 0 fully saturated rings. The maximum absolute atomic E-state index is 13.2. The second kappa shape index (κ2) is 2.81. The van der Waals surface area contributed by atoms with Crippen LogP contribution in [0.15, 0.2) is 24.3 Å². The minimum Gasteiger partial charge on any atom is -0.206 e. The number of hydrogen-bond donors (Lipinski definition) is 0. The number of rotatable bonds is 0. The van der Waals surface area contributed by atoms with E-state index in [9.17, 15) is 22.0 Å². The highest BCUT2D eigenvalue weighted by molar-refractivity contribution is 5.60. The van der Waals surface area contributed by atoms with E-state index < -0.39 is 23.2 Å². The molecule has 0 heterocycles. The Labute approximate surface area is 82.0 Å². The van der Waals surface area contributed by atoms with Gasteiger partial charge < -0.3 is 0 Å². The summed E-state index contributed by atoms with van der Waals surface area (Å²) < 4.78 is 65.1. The van der Waals surface area contributed by atoms with Crippen LogP contribution in [0.25, 0.3) is 6.08 Å². The Morgan fingerprint density at radius 3 is 2.33 bits per heavy atom. The second-order valence-electron chi connectivity index (χ2n) is 3.23. The molecule has 5 heteroatoms. The third-order valence-corrected chi connectivity index (χ3v) is 2.25. The summed E-state index contributed by atoms with van der Waals surface area (Å²) in [5.74, 6) is -10.2. The summed E-state index contributed by atoms with van der Waals surface area (Å²) in [6.45, 7) is 0. The summed E-state index contributed by atoms with van der Waals surface area (Å²) in [7, 11) is 0. The normalized spacial score (nSPS) is 21.1. The summed E-state index contributed by atoms with van der Waals surface area (Å²) in [6, 6.07) is 3.10. The van der Waals surface area contributed by atoms with Crippen LogP contribution in [0, 0.1) is 5.82 Å². The average molecular weight is 220 g/mol. The first-order valence-electron chi connectivity index (χ1n) is 4.10. The van der Waals surface area contributed by atoms with E-state index in [0.29, 0.717) is 0 Å². The highest BCUT2D eigenvalue weighted by Crippen LogP contribution is 2.49. The lowest BCUT2D eigenvalue weighted by Gasteiger charge is -2.29. The van der Waals surface area contributed by atoms with E-state index in [1.165, 1.54) is 6.07 Å². The van der Waals surface area contributed by atoms with Gasteiger partial charge in [0.25, 0.3) is 0 Å². The Kier molecular flexibility index (Phi) is 1.90. The third-order valence-electron chi connectivity index (χ3n) is 2.25. The van der Waals surface area contributed by atoms with E-state index in [0.717, 1.165) is 18.2 Å². The lowest BCUT2D eigenvalue weighted by molar-refractivity contribution is -0.189. The Balaban J connectivity index is 2.74. The first-order chi connectivity index (χ1) is 6.86. The van der Waals surface area contributed by atoms with Gasteiger partial charge in [0.2, 0.25) is 0 Å². The van der Waals surface area contributed by atoms with Crippen LogP contribution in [0.5, 0.6) is 0 Å². The van der Waals surface area contributed by atoms with Crippen LogP contribution in [-0.2, 0) is 5.92 Å². The Morgan fingerprint density at radius 2 is 1.67 bits per heavy atom. The monoisotopic (exact) mass is 220 g/mol. The second-order valence-corrected chi connectivity index (χ2v) is 3.23. The van der Waals surface area contributed by atoms with E-state index in [1.54, 1.807) is 0 Å². The highest BCUT2D eigenvalue weighted by atomic mass is 19.3. The summed E-state index contributed by atoms with van der Waals surface area (Å²) >= 11 is 0. The van der Waals surface area contributed by atoms with Gasteiger partial charge >= 0.3 is 11.8 Å². The summed E-state index contributed by atoms with van der Waals surface area (Å²) in [5.41, 5.74) is -1.46. The van der Waals surface area contributed by atoms with Crippen LogP contribution < -0.4 is 0 Å². The van der Waals surface area contributed by atoms with Gasteiger partial charge in [-0.3, -0.25) is 0 Å². The van der Waals surface area contributed by atoms with Gasteiger partial charge in [0.1, 0.15) is 5.82 Å². The van der Waals surface area contributed by atoms with E-state index in [2.05, 4.69) is 0 Å². The van der Waals surface area contributed by atoms with Crippen LogP contribution >= 0.6 is 0 Å². The zero-order valence-corrected chi connectivity index (χ0v) is 7.28. The fourth-order valence-corrected chi connectivity index (χ4v) is 1.48. The van der Waals surface area contributed by atoms with Crippen LogP contribution in [-0.4, -0.2) is 5.92 Å². The van der Waals surface area contributed by atoms with E-state index >= 15 is 0 Å². The molecule has 15 heavy (non-hydrogen) atoms. The maximum Gasteiger partial charge on any atom is 0.342 e. The predicted molar refractivity (Wildman–Crippen MR) is 44.3 cm³/mol. The fourth-order valence-electron chi connectivity index (χ4n) is 1.48. The molecule has 1 aliphatic carbocycles. The van der Waals surface area contributed by atoms with E-state index in [-0.39, 0.29) is 11.6 Å². The molecular formula is C10H5F5. The van der Waals surface area contributed by atoms with E-state index in [4.69, 9.17) is 0 Å². The smallest absolute Gasteiger partial charge is 0.206 e. The van der Waals surface area contributed by atoms with Gasteiger partial charge in [-0.25, -0.2) is 4.39 Å². The molecule has 0 atom stereocenters. The first kappa shape index (κ1) is 10.1. The van der Waals surface area contributed by atoms with Crippen molar-refractivity contribution in [2.24, 2.45) is 0 Å². The molecular weight excluding hydrogens is 215 g/mol. The number of allylic oxidation sites excluding steroid dienone is 1. The number of halogens is 5. The molecule has 80 valence electrons. The van der Waals surface area contributed by atoms with E-state index in [1.807, 2.05) is 0 Å². The van der Waals surface area contributed by atoms with Crippen molar-refractivity contribution in [3.8, 4) is 0 Å². The van der Waals surface area contributed by atoms with Crippen LogP contribution in [0.4, 0.5) is 22.0 Å². The molecule has 0 aliphatic heterocycles. The molecule has 2 rings (SSSR count). The zero-order chi connectivity index (χ0) is 11.3. The van der Waals surface area contributed by atoms with Gasteiger partial charge in [-0.05, 0) is 17.7 Å². The molecule has 0 saturated heterocycles. The summed E-state index contributed by atoms with van der Waals surface area (Å²) in [5, 5.41) is 0. The molecule has 1 aromatic rings. The van der Waals surface area contributed by atoms with Crippen LogP contribution in [0.1, 0.15) is 11.1 Å². The molecule has 1 aliphatic rings. The first-order valence-corrected chi connectivity index (χ1v) is 4.10. The fraction of sp³-hybridized carbons (Fsp3) is 0.200. The molecule has 1 aromatic carbocycles. The number of benzene rings is 1. The lowest BCUT2D eigenvalue weighted by atomic mass is 9.91. The molecule has 0 amide bonds. The van der Waals surface area contributed by atoms with Gasteiger partial charge in [-0.15, -0.1) is 0 Å². The summed E-state index contributed by atoms with van der Waals surface area (Å²) in [4.78, 5) is 0. The quantitative estimate of drug-likeness (QED) is 0.586. The molecule has 0 radical (unpaired) electrons. The Morgan fingerprint density at radius 1 is 1.00 bits per heavy atom. The molecule has 0 spiro atoms. The van der Waals surface area contributed by atoms with Crippen LogP contribution in [0.2, 0.25) is 0 Å². The SMILES string of the molecule is Fc1cccc2c1C(F)(F)C(F)(F)C=C2. The number of alkyl halides is 4. The van der Waals surface area contributed by atoms with Crippen molar-refractivity contribution < 1.29 is 22.0 Å². The minimum atomic E-state index is -4.50. The highest BCUT2D eigenvalue weighted by Gasteiger charge is 2.59. The Hall–Kier alpha value is -1.39. The van der Waals surface area contributed by atoms with Crippen molar-refractivity contribution in [1.29, 1.82) is 0 Å². The van der Waals surface area contributed by atoms with Gasteiger partial charge in [-0.2, -0.15) is 17.6 Å². The molecule has 0 unspecified atom stereocenters. The summed E-state index contributed by atoms with van der Waals surface area (Å²) in [6.07, 6.45) is 0.893. The van der Waals surface area contributed by atoms with Crippen molar-refractivity contribution in [3.63, 3.8) is 0 Å². The number of hydrogen-bond acceptors (Lipinski definition) is 0. The van der Waals surface area contributed by atoms with Crippen molar-refractivity contribution in [2.75, 3.05) is 0 Å². The predicted octanol–water partition coefficient (Wildman–Crippen LogP) is 3.58. The largest absolute Gasteiger partial charge is 0.342 e. The van der Waals surface area contributed by atoms with Gasteiger partial charge in [0.05, 0.1) is 5.56 Å². The van der Waals surface area contributed by atoms with Gasteiger partial charge in [0.15, 0.2) is 0 Å². The van der Waals surface area contributed by atoms with Gasteiger partial charge in [0, 0.05) is 0 Å². The molecule has 0 saturated carbocycles. The molecule has 0 aromatic heterocycles. The molecule has 0 bridgehead atoms. The van der Waals surface area contributed by atoms with Gasteiger partial charge in [-0.1, -0.05) is 18.2 Å². The Bertz CT molecular complexity index is 433. The maximum atomic E-state index is 13.2. The zero-order valence-electron chi connectivity index (χ0n) is 7.28. The van der Waals surface area contributed by atoms with Crippen molar-refractivity contribution in [3.05, 3.63) is 41.2 Å².